The van der Waals surface area contributed by atoms with Crippen molar-refractivity contribution in [2.75, 3.05) is 40.5 Å². The predicted octanol–water partition coefficient (Wildman–Crippen LogP) is 1.55. The Hall–Kier alpha value is -1.08. The van der Waals surface area contributed by atoms with Crippen LogP contribution >= 0.6 is 12.2 Å². The number of methoxy groups -OCH3 is 2. The van der Waals surface area contributed by atoms with Gasteiger partial charge in [0.05, 0.1) is 13.2 Å². The number of hydrogen-bond acceptors (Lipinski definition) is 4. The lowest BCUT2D eigenvalue weighted by atomic mass is 10.1. The van der Waals surface area contributed by atoms with Gasteiger partial charge >= 0.3 is 0 Å². The van der Waals surface area contributed by atoms with Crippen molar-refractivity contribution < 1.29 is 13.9 Å². The van der Waals surface area contributed by atoms with Crippen LogP contribution in [0, 0.1) is 5.82 Å². The highest BCUT2D eigenvalue weighted by Gasteiger charge is 2.09. The van der Waals surface area contributed by atoms with Crippen molar-refractivity contribution in [1.29, 1.82) is 0 Å². The molecule has 0 radical (unpaired) electrons. The zero-order valence-electron chi connectivity index (χ0n) is 11.9. The quantitative estimate of drug-likeness (QED) is 0.701. The molecule has 0 fully saturated rings. The molecule has 20 heavy (non-hydrogen) atoms. The van der Waals surface area contributed by atoms with Crippen LogP contribution in [0.2, 0.25) is 0 Å². The van der Waals surface area contributed by atoms with Crippen LogP contribution in [0.15, 0.2) is 18.2 Å². The fraction of sp³-hybridized carbons (Fsp3) is 0.500. The average Bonchev–Trinajstić information content (AvgIpc) is 2.41. The van der Waals surface area contributed by atoms with E-state index in [2.05, 4.69) is 4.90 Å². The van der Waals surface area contributed by atoms with Crippen LogP contribution in [0.4, 0.5) is 4.39 Å². The minimum atomic E-state index is -0.330. The zero-order valence-corrected chi connectivity index (χ0v) is 12.7. The van der Waals surface area contributed by atoms with Gasteiger partial charge in [0, 0.05) is 39.4 Å². The second-order valence-corrected chi connectivity index (χ2v) is 4.91. The number of hydrogen-bond donors (Lipinski definition) is 1. The summed E-state index contributed by atoms with van der Waals surface area (Å²) in [4.78, 5) is 2.33. The number of halogens is 1. The molecule has 0 amide bonds. The SMILES string of the molecule is COCCN(CCOC)Cc1cc(F)cc(C(N)=S)c1. The molecular formula is C14H21FN2O2S. The topological polar surface area (TPSA) is 47.7 Å². The minimum absolute atomic E-state index is 0.200. The van der Waals surface area contributed by atoms with Gasteiger partial charge in [0.25, 0.3) is 0 Å². The maximum Gasteiger partial charge on any atom is 0.124 e. The highest BCUT2D eigenvalue weighted by molar-refractivity contribution is 7.80. The second kappa shape index (κ2) is 8.97. The molecule has 1 aromatic rings. The highest BCUT2D eigenvalue weighted by atomic mass is 32.1. The summed E-state index contributed by atoms with van der Waals surface area (Å²) in [6.45, 7) is 3.32. The molecule has 0 spiro atoms. The molecule has 0 aromatic heterocycles. The first kappa shape index (κ1) is 17.0. The van der Waals surface area contributed by atoms with Gasteiger partial charge in [-0.15, -0.1) is 0 Å². The van der Waals surface area contributed by atoms with Gasteiger partial charge in [-0.3, -0.25) is 4.90 Å². The summed E-state index contributed by atoms with van der Waals surface area (Å²) in [6, 6.07) is 4.66. The van der Waals surface area contributed by atoms with Crippen LogP contribution in [0.3, 0.4) is 0 Å². The number of nitrogens with two attached hydrogens (primary N) is 1. The van der Waals surface area contributed by atoms with E-state index in [1.165, 1.54) is 12.1 Å². The van der Waals surface area contributed by atoms with Gasteiger partial charge in [0.2, 0.25) is 0 Å². The number of benzene rings is 1. The minimum Gasteiger partial charge on any atom is -0.389 e. The number of thiocarbonyl (C=S) groups is 1. The van der Waals surface area contributed by atoms with Crippen molar-refractivity contribution in [3.05, 3.63) is 35.1 Å². The third-order valence-corrected chi connectivity index (χ3v) is 3.11. The summed E-state index contributed by atoms with van der Waals surface area (Å²) < 4.78 is 23.7. The van der Waals surface area contributed by atoms with Crippen LogP contribution in [-0.4, -0.2) is 50.4 Å². The van der Waals surface area contributed by atoms with Gasteiger partial charge in [-0.05, 0) is 23.8 Å². The fourth-order valence-electron chi connectivity index (χ4n) is 1.85. The van der Waals surface area contributed by atoms with E-state index >= 15 is 0 Å². The van der Waals surface area contributed by atoms with Crippen LogP contribution < -0.4 is 5.73 Å². The molecule has 2 N–H and O–H groups in total. The predicted molar refractivity (Wildman–Crippen MR) is 81.3 cm³/mol. The van der Waals surface area contributed by atoms with Crippen LogP contribution in [-0.2, 0) is 16.0 Å². The molecule has 0 bridgehead atoms. The van der Waals surface area contributed by atoms with Crippen LogP contribution in [0.5, 0.6) is 0 Å². The van der Waals surface area contributed by atoms with Gasteiger partial charge in [-0.2, -0.15) is 0 Å². The Labute approximate surface area is 124 Å². The van der Waals surface area contributed by atoms with Gasteiger partial charge < -0.3 is 15.2 Å². The van der Waals surface area contributed by atoms with E-state index < -0.39 is 0 Å². The summed E-state index contributed by atoms with van der Waals surface area (Å²) in [7, 11) is 3.31. The molecule has 0 heterocycles. The fourth-order valence-corrected chi connectivity index (χ4v) is 1.97. The molecule has 1 aromatic carbocycles. The number of nitrogens with zero attached hydrogens (tertiary/aromatic N) is 1. The zero-order chi connectivity index (χ0) is 15.0. The van der Waals surface area contributed by atoms with Gasteiger partial charge in [0.15, 0.2) is 0 Å². The van der Waals surface area contributed by atoms with Crippen LogP contribution in [0.1, 0.15) is 11.1 Å². The average molecular weight is 300 g/mol. The lowest BCUT2D eigenvalue weighted by molar-refractivity contribution is 0.110. The summed E-state index contributed by atoms with van der Waals surface area (Å²) >= 11 is 4.89. The standard InChI is InChI=1S/C14H21FN2O2S/c1-18-5-3-17(4-6-19-2)10-11-7-12(14(16)20)9-13(15)8-11/h7-9H,3-6,10H2,1-2H3,(H2,16,20). The van der Waals surface area contributed by atoms with Crippen molar-refractivity contribution in [3.63, 3.8) is 0 Å². The first-order valence-corrected chi connectivity index (χ1v) is 6.77. The number of ether oxygens (including phenoxy) is 2. The highest BCUT2D eigenvalue weighted by Crippen LogP contribution is 2.12. The Bertz CT molecular complexity index is 435. The van der Waals surface area contributed by atoms with Gasteiger partial charge in [-0.25, -0.2) is 4.39 Å². The van der Waals surface area contributed by atoms with Gasteiger partial charge in [-0.1, -0.05) is 12.2 Å². The lowest BCUT2D eigenvalue weighted by Gasteiger charge is -2.22. The van der Waals surface area contributed by atoms with Crippen molar-refractivity contribution in [3.8, 4) is 0 Å². The Morgan fingerprint density at radius 1 is 1.20 bits per heavy atom. The molecule has 0 aliphatic heterocycles. The van der Waals surface area contributed by atoms with E-state index in [4.69, 9.17) is 27.4 Å². The summed E-state index contributed by atoms with van der Waals surface area (Å²) in [5, 5.41) is 0. The third kappa shape index (κ3) is 5.92. The molecule has 0 aliphatic rings. The molecule has 0 saturated heterocycles. The molecule has 6 heteroatoms. The van der Waals surface area contributed by atoms with E-state index in [1.54, 1.807) is 14.2 Å². The summed E-state index contributed by atoms with van der Waals surface area (Å²) in [5.41, 5.74) is 6.94. The first-order valence-electron chi connectivity index (χ1n) is 6.36. The lowest BCUT2D eigenvalue weighted by Crippen LogP contribution is -2.30. The molecular weight excluding hydrogens is 279 g/mol. The molecule has 0 aliphatic carbocycles. The van der Waals surface area contributed by atoms with Crippen molar-refractivity contribution in [1.82, 2.24) is 4.90 Å². The summed E-state index contributed by atoms with van der Waals surface area (Å²) in [6.07, 6.45) is 0. The smallest absolute Gasteiger partial charge is 0.124 e. The van der Waals surface area contributed by atoms with E-state index in [-0.39, 0.29) is 10.8 Å². The van der Waals surface area contributed by atoms with Gasteiger partial charge in [0.1, 0.15) is 10.8 Å². The Morgan fingerprint density at radius 3 is 2.30 bits per heavy atom. The third-order valence-electron chi connectivity index (χ3n) is 2.87. The number of rotatable bonds is 9. The largest absolute Gasteiger partial charge is 0.389 e. The van der Waals surface area contributed by atoms with Crippen molar-refractivity contribution in [2.45, 2.75) is 6.54 Å². The van der Waals surface area contributed by atoms with E-state index in [9.17, 15) is 4.39 Å². The second-order valence-electron chi connectivity index (χ2n) is 4.47. The molecule has 0 saturated carbocycles. The molecule has 112 valence electrons. The Kier molecular flexibility index (Phi) is 7.61. The Morgan fingerprint density at radius 2 is 1.80 bits per heavy atom. The maximum atomic E-state index is 13.6. The first-order chi connectivity index (χ1) is 9.56. The maximum absolute atomic E-state index is 13.6. The molecule has 0 unspecified atom stereocenters. The molecule has 1 rings (SSSR count). The Balaban J connectivity index is 2.77. The molecule has 4 nitrogen and oxygen atoms in total. The van der Waals surface area contributed by atoms with Crippen LogP contribution in [0.25, 0.3) is 0 Å². The van der Waals surface area contributed by atoms with E-state index in [0.717, 1.165) is 18.7 Å². The molecule has 0 atom stereocenters. The summed E-state index contributed by atoms with van der Waals surface area (Å²) in [5.74, 6) is -0.330. The van der Waals surface area contributed by atoms with E-state index in [1.807, 2.05) is 6.07 Å². The van der Waals surface area contributed by atoms with Crippen molar-refractivity contribution >= 4 is 17.2 Å². The van der Waals surface area contributed by atoms with Crippen molar-refractivity contribution in [2.24, 2.45) is 5.73 Å². The normalized spacial score (nSPS) is 11.0. The monoisotopic (exact) mass is 300 g/mol. The van der Waals surface area contributed by atoms with E-state index in [0.29, 0.717) is 25.3 Å².